The number of morpholine rings is 1. The quantitative estimate of drug-likeness (QED) is 0.497. The van der Waals surface area contributed by atoms with Crippen molar-refractivity contribution in [3.8, 4) is 0 Å². The lowest BCUT2D eigenvalue weighted by atomic mass is 10.3. The Balaban J connectivity index is 1.48. The fourth-order valence-electron chi connectivity index (χ4n) is 1.72. The van der Waals surface area contributed by atoms with E-state index in [1.165, 1.54) is 0 Å². The maximum absolute atomic E-state index is 11.2. The molecule has 1 aliphatic carbocycles. The molecule has 1 saturated heterocycles. The molecule has 0 bridgehead atoms. The average molecular weight is 213 g/mol. The topological polar surface area (TPSA) is 38.8 Å². The minimum absolute atomic E-state index is 0.0111. The Hall–Kier alpha value is -0.610. The van der Waals surface area contributed by atoms with Crippen LogP contribution in [-0.4, -0.2) is 50.3 Å². The molecule has 0 unspecified atom stereocenters. The van der Waals surface area contributed by atoms with Crippen molar-refractivity contribution in [2.45, 2.75) is 19.3 Å². The van der Waals surface area contributed by atoms with Gasteiger partial charge in [-0.3, -0.25) is 9.69 Å². The number of hydrogen-bond acceptors (Lipinski definition) is 4. The van der Waals surface area contributed by atoms with E-state index in [2.05, 4.69) is 4.90 Å². The molecule has 4 heteroatoms. The molecule has 2 rings (SSSR count). The van der Waals surface area contributed by atoms with Crippen LogP contribution in [0.3, 0.4) is 0 Å². The molecule has 4 nitrogen and oxygen atoms in total. The molecular formula is C11H19NO3. The van der Waals surface area contributed by atoms with Gasteiger partial charge in [-0.1, -0.05) is 0 Å². The van der Waals surface area contributed by atoms with Crippen LogP contribution in [0.1, 0.15) is 19.3 Å². The maximum atomic E-state index is 11.2. The normalized spacial score (nSPS) is 22.7. The summed E-state index contributed by atoms with van der Waals surface area (Å²) < 4.78 is 10.4. The van der Waals surface area contributed by atoms with Crippen molar-refractivity contribution in [3.63, 3.8) is 0 Å². The number of ether oxygens (including phenoxy) is 2. The predicted octanol–water partition coefficient (Wildman–Crippen LogP) is 0.662. The molecule has 0 aromatic heterocycles. The zero-order valence-electron chi connectivity index (χ0n) is 9.11. The Morgan fingerprint density at radius 1 is 1.33 bits per heavy atom. The summed E-state index contributed by atoms with van der Waals surface area (Å²) in [5.41, 5.74) is 0. The van der Waals surface area contributed by atoms with Gasteiger partial charge in [0.25, 0.3) is 0 Å². The van der Waals surface area contributed by atoms with Gasteiger partial charge in [-0.05, 0) is 19.3 Å². The van der Waals surface area contributed by atoms with Crippen molar-refractivity contribution < 1.29 is 14.3 Å². The molecule has 0 atom stereocenters. The Morgan fingerprint density at radius 3 is 2.73 bits per heavy atom. The van der Waals surface area contributed by atoms with E-state index in [1.807, 2.05) is 0 Å². The number of nitrogens with zero attached hydrogens (tertiary/aromatic N) is 1. The van der Waals surface area contributed by atoms with Crippen LogP contribution in [0.2, 0.25) is 0 Å². The van der Waals surface area contributed by atoms with E-state index < -0.39 is 0 Å². The van der Waals surface area contributed by atoms with E-state index >= 15 is 0 Å². The summed E-state index contributed by atoms with van der Waals surface area (Å²) in [6, 6.07) is 0. The van der Waals surface area contributed by atoms with Gasteiger partial charge in [0, 0.05) is 19.6 Å². The van der Waals surface area contributed by atoms with Crippen LogP contribution in [-0.2, 0) is 14.3 Å². The SMILES string of the molecule is O=C(OCCCN1CCOCC1)C1CC1. The summed E-state index contributed by atoms with van der Waals surface area (Å²) in [4.78, 5) is 13.6. The van der Waals surface area contributed by atoms with Crippen LogP contribution in [0.15, 0.2) is 0 Å². The van der Waals surface area contributed by atoms with E-state index in [0.29, 0.717) is 6.61 Å². The van der Waals surface area contributed by atoms with Gasteiger partial charge in [0.2, 0.25) is 0 Å². The highest BCUT2D eigenvalue weighted by Gasteiger charge is 2.30. The Kier molecular flexibility index (Phi) is 3.97. The maximum Gasteiger partial charge on any atom is 0.308 e. The van der Waals surface area contributed by atoms with Crippen LogP contribution in [0.25, 0.3) is 0 Å². The second kappa shape index (κ2) is 5.47. The van der Waals surface area contributed by atoms with Crippen molar-refractivity contribution in [1.29, 1.82) is 0 Å². The monoisotopic (exact) mass is 213 g/mol. The zero-order valence-corrected chi connectivity index (χ0v) is 9.11. The Labute approximate surface area is 90.5 Å². The highest BCUT2D eigenvalue weighted by atomic mass is 16.5. The fourth-order valence-corrected chi connectivity index (χ4v) is 1.72. The third kappa shape index (κ3) is 3.80. The van der Waals surface area contributed by atoms with Crippen molar-refractivity contribution in [2.24, 2.45) is 5.92 Å². The van der Waals surface area contributed by atoms with Crippen molar-refractivity contribution in [3.05, 3.63) is 0 Å². The highest BCUT2D eigenvalue weighted by molar-refractivity contribution is 5.74. The third-order valence-electron chi connectivity index (χ3n) is 2.88. The molecule has 2 fully saturated rings. The summed E-state index contributed by atoms with van der Waals surface area (Å²) in [5.74, 6) is 0.241. The molecule has 0 aromatic carbocycles. The average Bonchev–Trinajstić information content (AvgIpc) is 3.09. The summed E-state index contributed by atoms with van der Waals surface area (Å²) in [5, 5.41) is 0. The molecule has 0 aromatic rings. The smallest absolute Gasteiger partial charge is 0.308 e. The number of esters is 1. The van der Waals surface area contributed by atoms with Gasteiger partial charge in [-0.25, -0.2) is 0 Å². The lowest BCUT2D eigenvalue weighted by Crippen LogP contribution is -2.37. The zero-order chi connectivity index (χ0) is 10.5. The van der Waals surface area contributed by atoms with Crippen molar-refractivity contribution in [1.82, 2.24) is 4.90 Å². The Morgan fingerprint density at radius 2 is 2.07 bits per heavy atom. The molecular weight excluding hydrogens is 194 g/mol. The van der Waals surface area contributed by atoms with E-state index in [9.17, 15) is 4.79 Å². The first-order chi connectivity index (χ1) is 7.36. The lowest BCUT2D eigenvalue weighted by molar-refractivity contribution is -0.145. The number of hydrogen-bond donors (Lipinski definition) is 0. The van der Waals surface area contributed by atoms with Crippen molar-refractivity contribution in [2.75, 3.05) is 39.5 Å². The summed E-state index contributed by atoms with van der Waals surface area (Å²) in [6.07, 6.45) is 3.00. The number of carbonyl (C=O) groups is 1. The molecule has 86 valence electrons. The molecule has 15 heavy (non-hydrogen) atoms. The van der Waals surface area contributed by atoms with Crippen LogP contribution in [0.4, 0.5) is 0 Å². The second-order valence-corrected chi connectivity index (χ2v) is 4.25. The van der Waals surface area contributed by atoms with Gasteiger partial charge in [-0.2, -0.15) is 0 Å². The van der Waals surface area contributed by atoms with E-state index in [0.717, 1.165) is 52.1 Å². The predicted molar refractivity (Wildman–Crippen MR) is 55.6 cm³/mol. The molecule has 0 spiro atoms. The first-order valence-electron chi connectivity index (χ1n) is 5.83. The van der Waals surface area contributed by atoms with Gasteiger partial charge < -0.3 is 9.47 Å². The minimum Gasteiger partial charge on any atom is -0.465 e. The minimum atomic E-state index is 0.0111. The lowest BCUT2D eigenvalue weighted by Gasteiger charge is -2.26. The molecule has 1 heterocycles. The molecule has 1 aliphatic heterocycles. The first-order valence-corrected chi connectivity index (χ1v) is 5.83. The van der Waals surface area contributed by atoms with Gasteiger partial charge >= 0.3 is 5.97 Å². The van der Waals surface area contributed by atoms with Crippen LogP contribution in [0.5, 0.6) is 0 Å². The molecule has 0 N–H and O–H groups in total. The molecule has 2 aliphatic rings. The van der Waals surface area contributed by atoms with Gasteiger partial charge in [-0.15, -0.1) is 0 Å². The number of rotatable bonds is 5. The highest BCUT2D eigenvalue weighted by Crippen LogP contribution is 2.29. The largest absolute Gasteiger partial charge is 0.465 e. The molecule has 1 saturated carbocycles. The first kappa shape index (κ1) is 10.9. The second-order valence-electron chi connectivity index (χ2n) is 4.25. The van der Waals surface area contributed by atoms with E-state index in [4.69, 9.17) is 9.47 Å². The molecule has 0 amide bonds. The van der Waals surface area contributed by atoms with Gasteiger partial charge in [0.15, 0.2) is 0 Å². The Bertz CT molecular complexity index is 210. The van der Waals surface area contributed by atoms with Gasteiger partial charge in [0.05, 0.1) is 25.7 Å². The van der Waals surface area contributed by atoms with Crippen LogP contribution in [0, 0.1) is 5.92 Å². The van der Waals surface area contributed by atoms with E-state index in [1.54, 1.807) is 0 Å². The standard InChI is InChI=1S/C11H19NO3/c13-11(10-2-3-10)15-7-1-4-12-5-8-14-9-6-12/h10H,1-9H2. The van der Waals surface area contributed by atoms with Crippen LogP contribution >= 0.6 is 0 Å². The third-order valence-corrected chi connectivity index (χ3v) is 2.88. The van der Waals surface area contributed by atoms with Crippen LogP contribution < -0.4 is 0 Å². The summed E-state index contributed by atoms with van der Waals surface area (Å²) in [6.45, 7) is 5.28. The van der Waals surface area contributed by atoms with E-state index in [-0.39, 0.29) is 11.9 Å². The number of carbonyl (C=O) groups excluding carboxylic acids is 1. The summed E-state index contributed by atoms with van der Waals surface area (Å²) in [7, 11) is 0. The molecule has 0 radical (unpaired) electrons. The summed E-state index contributed by atoms with van der Waals surface area (Å²) >= 11 is 0. The van der Waals surface area contributed by atoms with Gasteiger partial charge in [0.1, 0.15) is 0 Å². The fraction of sp³-hybridized carbons (Fsp3) is 0.909. The van der Waals surface area contributed by atoms with Crippen molar-refractivity contribution >= 4 is 5.97 Å².